The molecule has 2 heteroatoms. The summed E-state index contributed by atoms with van der Waals surface area (Å²) in [6.07, 6.45) is 4.32. The summed E-state index contributed by atoms with van der Waals surface area (Å²) < 4.78 is 5.08. The van der Waals surface area contributed by atoms with Crippen molar-refractivity contribution in [2.75, 3.05) is 0 Å². The first-order valence-corrected chi connectivity index (χ1v) is 4.60. The molecule has 0 saturated carbocycles. The van der Waals surface area contributed by atoms with Gasteiger partial charge in [-0.05, 0) is 19.4 Å². The topological polar surface area (TPSA) is 29.5 Å². The van der Waals surface area contributed by atoms with Crippen LogP contribution in [0.2, 0.25) is 0 Å². The Morgan fingerprint density at radius 3 is 2.21 bits per heavy atom. The van der Waals surface area contributed by atoms with Crippen LogP contribution in [0.1, 0.15) is 27.2 Å². The first kappa shape index (κ1) is 15.1. The summed E-state index contributed by atoms with van der Waals surface area (Å²) in [7, 11) is 0. The maximum Gasteiger partial charge on any atom is 0.160 e. The second-order valence-corrected chi connectivity index (χ2v) is 2.31. The number of aliphatic hydroxyl groups is 1. The molecule has 0 aromatic rings. The molecular formula is C12H20O2. The van der Waals surface area contributed by atoms with Crippen LogP contribution < -0.4 is 0 Å². The van der Waals surface area contributed by atoms with E-state index in [4.69, 9.17) is 9.84 Å². The molecule has 0 rings (SSSR count). The number of hydrogen-bond donors (Lipinski definition) is 1. The molecule has 0 amide bonds. The van der Waals surface area contributed by atoms with E-state index in [1.54, 1.807) is 13.0 Å². The highest BCUT2D eigenvalue weighted by atomic mass is 16.5. The van der Waals surface area contributed by atoms with E-state index >= 15 is 0 Å². The molecule has 0 aromatic heterocycles. The van der Waals surface area contributed by atoms with Gasteiger partial charge in [-0.2, -0.15) is 0 Å². The fraction of sp³-hybridized carbons (Fsp3) is 0.333. The smallest absolute Gasteiger partial charge is 0.160 e. The van der Waals surface area contributed by atoms with E-state index in [1.165, 1.54) is 0 Å². The summed E-state index contributed by atoms with van der Waals surface area (Å²) in [6, 6.07) is 0. The lowest BCUT2D eigenvalue weighted by Crippen LogP contribution is -1.91. The van der Waals surface area contributed by atoms with Gasteiger partial charge in [-0.1, -0.05) is 33.1 Å². The molecule has 0 saturated heterocycles. The number of ether oxygens (including phenoxy) is 1. The molecule has 0 fully saturated rings. The summed E-state index contributed by atoms with van der Waals surface area (Å²) in [5, 5.41) is 8.83. The lowest BCUT2D eigenvalue weighted by atomic mass is 10.3. The highest BCUT2D eigenvalue weighted by molar-refractivity contribution is 5.13. The average molecular weight is 196 g/mol. The minimum absolute atomic E-state index is 0.152. The number of aliphatic hydroxyl groups excluding tert-OH is 1. The van der Waals surface area contributed by atoms with Gasteiger partial charge in [0.2, 0.25) is 0 Å². The Morgan fingerprint density at radius 1 is 1.36 bits per heavy atom. The minimum Gasteiger partial charge on any atom is -0.505 e. The molecule has 0 aliphatic rings. The minimum atomic E-state index is -0.152. The van der Waals surface area contributed by atoms with Crippen molar-refractivity contribution in [3.8, 4) is 0 Å². The summed E-state index contributed by atoms with van der Waals surface area (Å²) in [4.78, 5) is 0. The van der Waals surface area contributed by atoms with E-state index in [1.807, 2.05) is 19.9 Å². The van der Waals surface area contributed by atoms with Crippen molar-refractivity contribution in [2.45, 2.75) is 27.2 Å². The predicted molar refractivity (Wildman–Crippen MR) is 61.9 cm³/mol. The second kappa shape index (κ2) is 9.65. The number of hydrogen-bond acceptors (Lipinski definition) is 2. The third-order valence-electron chi connectivity index (χ3n) is 1.18. The van der Waals surface area contributed by atoms with Crippen LogP contribution in [-0.4, -0.2) is 5.11 Å². The van der Waals surface area contributed by atoms with Crippen molar-refractivity contribution in [3.63, 3.8) is 0 Å². The van der Waals surface area contributed by atoms with E-state index in [0.29, 0.717) is 5.76 Å². The molecule has 0 heterocycles. The fourth-order valence-corrected chi connectivity index (χ4v) is 0.544. The molecule has 0 aliphatic heterocycles. The van der Waals surface area contributed by atoms with Crippen LogP contribution in [0.25, 0.3) is 0 Å². The van der Waals surface area contributed by atoms with Crippen molar-refractivity contribution in [3.05, 3.63) is 49.2 Å². The van der Waals surface area contributed by atoms with E-state index in [-0.39, 0.29) is 11.5 Å². The maximum atomic E-state index is 8.83. The molecule has 14 heavy (non-hydrogen) atoms. The molecule has 0 aliphatic carbocycles. The fourth-order valence-electron chi connectivity index (χ4n) is 0.544. The molecule has 0 atom stereocenters. The summed E-state index contributed by atoms with van der Waals surface area (Å²) >= 11 is 0. The van der Waals surface area contributed by atoms with Gasteiger partial charge in [0.1, 0.15) is 5.76 Å². The lowest BCUT2D eigenvalue weighted by molar-refractivity contribution is 0.270. The summed E-state index contributed by atoms with van der Waals surface area (Å²) in [5.74, 6) is 0.698. The standard InChI is InChI=1S/C10H14O2.C2H6/c1-5-6-7-8(2)12-10(4)9(3)11;1-2/h5,7,11H,1,3-4,6H2,2H3;1-2H3/b8-7-;. The number of allylic oxidation sites excluding steroid dienone is 3. The molecule has 1 N–H and O–H groups in total. The molecule has 0 unspecified atom stereocenters. The Kier molecular flexibility index (Phi) is 10.4. The monoisotopic (exact) mass is 196 g/mol. The van der Waals surface area contributed by atoms with Gasteiger partial charge in [0.15, 0.2) is 5.76 Å². The van der Waals surface area contributed by atoms with E-state index < -0.39 is 0 Å². The van der Waals surface area contributed by atoms with Gasteiger partial charge in [0.05, 0.1) is 5.76 Å². The van der Waals surface area contributed by atoms with Crippen LogP contribution in [0, 0.1) is 0 Å². The van der Waals surface area contributed by atoms with Gasteiger partial charge < -0.3 is 9.84 Å². The van der Waals surface area contributed by atoms with Crippen LogP contribution in [0.5, 0.6) is 0 Å². The Balaban J connectivity index is 0. The highest BCUT2D eigenvalue weighted by Crippen LogP contribution is 2.09. The molecule has 0 aromatic carbocycles. The normalized spacial score (nSPS) is 9.50. The first-order chi connectivity index (χ1) is 6.57. The van der Waals surface area contributed by atoms with Gasteiger partial charge in [-0.25, -0.2) is 0 Å². The third-order valence-corrected chi connectivity index (χ3v) is 1.18. The largest absolute Gasteiger partial charge is 0.505 e. The molecule has 2 nitrogen and oxygen atoms in total. The predicted octanol–water partition coefficient (Wildman–Crippen LogP) is 4.09. The van der Waals surface area contributed by atoms with Crippen LogP contribution in [0.15, 0.2) is 49.2 Å². The number of rotatable bonds is 5. The third kappa shape index (κ3) is 8.65. The quantitative estimate of drug-likeness (QED) is 0.407. The SMILES string of the molecule is C=CC/C=C(/C)OC(=C)C(=C)O.CC. The Labute approximate surface area is 86.9 Å². The van der Waals surface area contributed by atoms with Crippen molar-refractivity contribution >= 4 is 0 Å². The van der Waals surface area contributed by atoms with Crippen molar-refractivity contribution < 1.29 is 9.84 Å². The van der Waals surface area contributed by atoms with Gasteiger partial charge in [0.25, 0.3) is 0 Å². The zero-order valence-corrected chi connectivity index (χ0v) is 9.34. The Hall–Kier alpha value is -1.44. The van der Waals surface area contributed by atoms with Crippen LogP contribution in [0.4, 0.5) is 0 Å². The maximum absolute atomic E-state index is 8.83. The van der Waals surface area contributed by atoms with Crippen LogP contribution in [0.3, 0.4) is 0 Å². The molecule has 0 spiro atoms. The van der Waals surface area contributed by atoms with Crippen molar-refractivity contribution in [1.82, 2.24) is 0 Å². The van der Waals surface area contributed by atoms with E-state index in [9.17, 15) is 0 Å². The van der Waals surface area contributed by atoms with Gasteiger partial charge in [-0.15, -0.1) is 6.58 Å². The van der Waals surface area contributed by atoms with Gasteiger partial charge in [0, 0.05) is 0 Å². The van der Waals surface area contributed by atoms with E-state index in [2.05, 4.69) is 19.7 Å². The Bertz CT molecular complexity index is 224. The van der Waals surface area contributed by atoms with Gasteiger partial charge >= 0.3 is 0 Å². The Morgan fingerprint density at radius 2 is 1.86 bits per heavy atom. The first-order valence-electron chi connectivity index (χ1n) is 4.60. The van der Waals surface area contributed by atoms with E-state index in [0.717, 1.165) is 6.42 Å². The van der Waals surface area contributed by atoms with Crippen LogP contribution >= 0.6 is 0 Å². The molecule has 80 valence electrons. The molecular weight excluding hydrogens is 176 g/mol. The zero-order chi connectivity index (χ0) is 11.6. The van der Waals surface area contributed by atoms with Crippen molar-refractivity contribution in [1.29, 1.82) is 0 Å². The average Bonchev–Trinajstić information content (AvgIpc) is 2.17. The molecule has 0 radical (unpaired) electrons. The second-order valence-electron chi connectivity index (χ2n) is 2.31. The van der Waals surface area contributed by atoms with Crippen molar-refractivity contribution in [2.24, 2.45) is 0 Å². The van der Waals surface area contributed by atoms with Crippen LogP contribution in [-0.2, 0) is 4.74 Å². The zero-order valence-electron chi connectivity index (χ0n) is 9.34. The van der Waals surface area contributed by atoms with Gasteiger partial charge in [-0.3, -0.25) is 0 Å². The molecule has 0 bridgehead atoms. The summed E-state index contributed by atoms with van der Waals surface area (Å²) in [6.45, 7) is 16.1. The highest BCUT2D eigenvalue weighted by Gasteiger charge is 1.98. The summed E-state index contributed by atoms with van der Waals surface area (Å²) in [5.41, 5.74) is 0. The lowest BCUT2D eigenvalue weighted by Gasteiger charge is -2.06.